The van der Waals surface area contributed by atoms with E-state index in [1.807, 2.05) is 31.3 Å². The summed E-state index contributed by atoms with van der Waals surface area (Å²) in [6, 6.07) is 9.72. The number of aryl methyl sites for hydroxylation is 1. The number of benzene rings is 1. The van der Waals surface area contributed by atoms with E-state index in [2.05, 4.69) is 19.9 Å². The Morgan fingerprint density at radius 1 is 1.14 bits per heavy atom. The van der Waals surface area contributed by atoms with Crippen molar-refractivity contribution in [2.75, 3.05) is 12.4 Å². The zero-order chi connectivity index (χ0) is 15.0. The molecule has 2 heterocycles. The molecule has 0 saturated heterocycles. The van der Waals surface area contributed by atoms with E-state index in [-0.39, 0.29) is 0 Å². The van der Waals surface area contributed by atoms with Crippen LogP contribution in [0.3, 0.4) is 0 Å². The first kappa shape index (κ1) is 14.2. The Kier molecular flexibility index (Phi) is 3.74. The molecule has 1 aromatic carbocycles. The Hall–Kier alpha value is -1.78. The maximum absolute atomic E-state index is 6.25. The minimum absolute atomic E-state index is 0.510. The van der Waals surface area contributed by atoms with Gasteiger partial charge < -0.3 is 9.88 Å². The lowest BCUT2D eigenvalue weighted by Crippen LogP contribution is -2.04. The standard InChI is InChI=1S/C15H14Cl2N4/c1-18-15-10(17)7-9(16)12(20-15)8-14-19-11-5-3-4-6-13(11)21(14)2/h3-7H,8H2,1-2H3,(H,18,20). The third-order valence-electron chi connectivity index (χ3n) is 3.44. The van der Waals surface area contributed by atoms with Crippen LogP contribution in [0, 0.1) is 0 Å². The summed E-state index contributed by atoms with van der Waals surface area (Å²) in [5, 5.41) is 4.02. The molecule has 4 nitrogen and oxygen atoms in total. The monoisotopic (exact) mass is 320 g/mol. The smallest absolute Gasteiger partial charge is 0.144 e. The molecule has 1 N–H and O–H groups in total. The number of hydrogen-bond donors (Lipinski definition) is 1. The highest BCUT2D eigenvalue weighted by Gasteiger charge is 2.13. The minimum Gasteiger partial charge on any atom is -0.372 e. The number of pyridine rings is 1. The van der Waals surface area contributed by atoms with Crippen LogP contribution in [-0.2, 0) is 13.5 Å². The Morgan fingerprint density at radius 3 is 2.62 bits per heavy atom. The number of anilines is 1. The zero-order valence-corrected chi connectivity index (χ0v) is 13.2. The summed E-state index contributed by atoms with van der Waals surface area (Å²) in [4.78, 5) is 9.11. The minimum atomic E-state index is 0.510. The van der Waals surface area contributed by atoms with Gasteiger partial charge in [0.25, 0.3) is 0 Å². The van der Waals surface area contributed by atoms with Crippen LogP contribution in [0.1, 0.15) is 11.5 Å². The normalized spacial score (nSPS) is 11.0. The summed E-state index contributed by atoms with van der Waals surface area (Å²) in [6.45, 7) is 0. The lowest BCUT2D eigenvalue weighted by Gasteiger charge is -2.08. The molecule has 6 heteroatoms. The van der Waals surface area contributed by atoms with Gasteiger partial charge in [-0.15, -0.1) is 0 Å². The molecule has 0 saturated carbocycles. The predicted octanol–water partition coefficient (Wildman–Crippen LogP) is 3.91. The van der Waals surface area contributed by atoms with Crippen LogP contribution in [0.25, 0.3) is 11.0 Å². The SMILES string of the molecule is CNc1nc(Cc2nc3ccccc3n2C)c(Cl)cc1Cl. The van der Waals surface area contributed by atoms with Gasteiger partial charge in [-0.3, -0.25) is 0 Å². The fourth-order valence-electron chi connectivity index (χ4n) is 2.31. The molecule has 0 spiro atoms. The van der Waals surface area contributed by atoms with E-state index in [4.69, 9.17) is 23.2 Å². The fraction of sp³-hybridized carbons (Fsp3) is 0.200. The van der Waals surface area contributed by atoms with Gasteiger partial charge in [0.1, 0.15) is 11.6 Å². The Balaban J connectivity index is 2.04. The first-order valence-corrected chi connectivity index (χ1v) is 7.28. The third-order valence-corrected chi connectivity index (χ3v) is 4.06. The number of nitrogens with one attached hydrogen (secondary N) is 1. The van der Waals surface area contributed by atoms with Crippen LogP contribution >= 0.6 is 23.2 Å². The van der Waals surface area contributed by atoms with E-state index in [1.54, 1.807) is 13.1 Å². The highest BCUT2D eigenvalue weighted by atomic mass is 35.5. The van der Waals surface area contributed by atoms with Crippen molar-refractivity contribution < 1.29 is 0 Å². The van der Waals surface area contributed by atoms with Crippen molar-refractivity contribution in [1.82, 2.24) is 14.5 Å². The van der Waals surface area contributed by atoms with Crippen molar-refractivity contribution in [3.8, 4) is 0 Å². The maximum atomic E-state index is 6.25. The second kappa shape index (κ2) is 5.54. The molecule has 0 unspecified atom stereocenters. The van der Waals surface area contributed by atoms with Gasteiger partial charge in [-0.2, -0.15) is 0 Å². The van der Waals surface area contributed by atoms with Crippen LogP contribution in [0.5, 0.6) is 0 Å². The number of halogens is 2. The van der Waals surface area contributed by atoms with E-state index >= 15 is 0 Å². The van der Waals surface area contributed by atoms with Gasteiger partial charge in [-0.1, -0.05) is 35.3 Å². The average molecular weight is 321 g/mol. The molecule has 0 amide bonds. The zero-order valence-electron chi connectivity index (χ0n) is 11.7. The molecule has 0 fully saturated rings. The summed E-state index contributed by atoms with van der Waals surface area (Å²) in [5.41, 5.74) is 2.81. The van der Waals surface area contributed by atoms with Crippen LogP contribution in [-0.4, -0.2) is 21.6 Å². The number of para-hydroxylation sites is 2. The quantitative estimate of drug-likeness (QED) is 0.795. The summed E-state index contributed by atoms with van der Waals surface area (Å²) in [5.74, 6) is 1.53. The van der Waals surface area contributed by atoms with Crippen LogP contribution in [0.15, 0.2) is 30.3 Å². The van der Waals surface area contributed by atoms with Gasteiger partial charge in [-0.25, -0.2) is 9.97 Å². The van der Waals surface area contributed by atoms with Gasteiger partial charge >= 0.3 is 0 Å². The first-order chi connectivity index (χ1) is 10.1. The van der Waals surface area contributed by atoms with Crippen LogP contribution in [0.2, 0.25) is 10.0 Å². The third kappa shape index (κ3) is 2.57. The molecule has 3 rings (SSSR count). The van der Waals surface area contributed by atoms with E-state index < -0.39 is 0 Å². The van der Waals surface area contributed by atoms with Gasteiger partial charge in [0.15, 0.2) is 0 Å². The van der Waals surface area contributed by atoms with E-state index in [1.165, 1.54) is 0 Å². The van der Waals surface area contributed by atoms with Gasteiger partial charge in [-0.05, 0) is 18.2 Å². The Bertz CT molecular complexity index is 811. The molecule has 0 aliphatic rings. The number of aromatic nitrogens is 3. The Labute approximate surface area is 132 Å². The highest BCUT2D eigenvalue weighted by Crippen LogP contribution is 2.27. The summed E-state index contributed by atoms with van der Waals surface area (Å²) >= 11 is 12.3. The first-order valence-electron chi connectivity index (χ1n) is 6.53. The van der Waals surface area contributed by atoms with Crippen molar-refractivity contribution in [2.45, 2.75) is 6.42 Å². The van der Waals surface area contributed by atoms with E-state index in [9.17, 15) is 0 Å². The summed E-state index contributed by atoms with van der Waals surface area (Å²) in [6.07, 6.45) is 0.551. The molecule has 0 aliphatic carbocycles. The maximum Gasteiger partial charge on any atom is 0.144 e. The number of imidazole rings is 1. The molecule has 0 bridgehead atoms. The Morgan fingerprint density at radius 2 is 1.90 bits per heavy atom. The second-order valence-electron chi connectivity index (χ2n) is 4.75. The molecular weight excluding hydrogens is 307 g/mol. The second-order valence-corrected chi connectivity index (χ2v) is 5.56. The van der Waals surface area contributed by atoms with Crippen molar-refractivity contribution >= 4 is 40.1 Å². The largest absolute Gasteiger partial charge is 0.372 e. The molecule has 21 heavy (non-hydrogen) atoms. The number of rotatable bonds is 3. The number of hydrogen-bond acceptors (Lipinski definition) is 3. The van der Waals surface area contributed by atoms with Crippen molar-refractivity contribution in [1.29, 1.82) is 0 Å². The topological polar surface area (TPSA) is 42.7 Å². The number of nitrogens with zero attached hydrogens (tertiary/aromatic N) is 3. The average Bonchev–Trinajstić information content (AvgIpc) is 2.79. The van der Waals surface area contributed by atoms with E-state index in [0.717, 1.165) is 22.6 Å². The lowest BCUT2D eigenvalue weighted by atomic mass is 10.2. The summed E-state index contributed by atoms with van der Waals surface area (Å²) < 4.78 is 2.06. The molecule has 0 radical (unpaired) electrons. The number of fused-ring (bicyclic) bond motifs is 1. The fourth-order valence-corrected chi connectivity index (χ4v) is 2.83. The predicted molar refractivity (Wildman–Crippen MR) is 87.3 cm³/mol. The van der Waals surface area contributed by atoms with Gasteiger partial charge in [0, 0.05) is 20.5 Å². The van der Waals surface area contributed by atoms with Crippen molar-refractivity contribution in [3.63, 3.8) is 0 Å². The molecule has 3 aromatic rings. The van der Waals surface area contributed by atoms with Crippen LogP contribution in [0.4, 0.5) is 5.82 Å². The van der Waals surface area contributed by atoms with Gasteiger partial charge in [0.2, 0.25) is 0 Å². The lowest BCUT2D eigenvalue weighted by molar-refractivity contribution is 0.833. The molecule has 0 aliphatic heterocycles. The van der Waals surface area contributed by atoms with Crippen molar-refractivity contribution in [2.24, 2.45) is 7.05 Å². The molecule has 2 aromatic heterocycles. The van der Waals surface area contributed by atoms with Gasteiger partial charge in [0.05, 0.1) is 26.8 Å². The van der Waals surface area contributed by atoms with E-state index in [0.29, 0.717) is 22.3 Å². The highest BCUT2D eigenvalue weighted by molar-refractivity contribution is 6.36. The summed E-state index contributed by atoms with van der Waals surface area (Å²) in [7, 11) is 3.77. The molecule has 0 atom stereocenters. The molecular formula is C15H14Cl2N4. The van der Waals surface area contributed by atoms with Crippen molar-refractivity contribution in [3.05, 3.63) is 51.9 Å². The van der Waals surface area contributed by atoms with Crippen LogP contribution < -0.4 is 5.32 Å². The molecule has 108 valence electrons.